The van der Waals surface area contributed by atoms with Gasteiger partial charge in [-0.05, 0) is 45.0 Å². The van der Waals surface area contributed by atoms with Crippen molar-refractivity contribution in [2.24, 2.45) is 0 Å². The maximum Gasteiger partial charge on any atom is 0.460 e. The van der Waals surface area contributed by atoms with Gasteiger partial charge in [-0.25, -0.2) is 8.42 Å². The normalized spacial score (nSPS) is 14.8. The fraction of sp³-hybridized carbons (Fsp3) is 0.700. The van der Waals surface area contributed by atoms with Crippen molar-refractivity contribution in [3.8, 4) is 5.75 Å². The average molecular weight is 710 g/mol. The summed E-state index contributed by atoms with van der Waals surface area (Å²) in [5.41, 5.74) is 0. The van der Waals surface area contributed by atoms with Gasteiger partial charge in [0, 0.05) is 10.9 Å². The van der Waals surface area contributed by atoms with Crippen molar-refractivity contribution < 1.29 is 92.3 Å². The predicted octanol–water partition coefficient (Wildman–Crippen LogP) is 7.60. The van der Waals surface area contributed by atoms with Gasteiger partial charge in [-0.1, -0.05) is 0 Å². The van der Waals surface area contributed by atoms with Gasteiger partial charge in [0.05, 0.1) is 6.61 Å². The summed E-state index contributed by atoms with van der Waals surface area (Å²) in [6, 6.07) is 8.54. The molecule has 0 unspecified atom stereocenters. The molecule has 23 heteroatoms. The lowest BCUT2D eigenvalue weighted by atomic mass is 9.91. The molecule has 0 aliphatic rings. The Morgan fingerprint density at radius 2 is 0.930 bits per heavy atom. The third-order valence-corrected chi connectivity index (χ3v) is 8.39. The Balaban J connectivity index is 0.00000104. The summed E-state index contributed by atoms with van der Waals surface area (Å²) in [4.78, 5) is 1.46. The Hall–Kier alpha value is -1.91. The summed E-state index contributed by atoms with van der Waals surface area (Å²) in [7, 11) is -7.71. The minimum absolute atomic E-state index is 0.430. The molecule has 0 aliphatic carbocycles. The van der Waals surface area contributed by atoms with Crippen LogP contribution in [-0.4, -0.2) is 78.0 Å². The maximum absolute atomic E-state index is 13.0. The topological polar surface area (TPSA) is 66.4 Å². The standard InChI is InChI=1S/C12H19OS.C8HF17O3S/c1-4-13-11-7-9-12(10-8-11)14(5-2)6-3;9-1(10,3(13,14)5(17,18)7(21,22)23)2(11,12)4(15,16)6(19,20)8(24,25)29(26,27)28/h7-10H,4-6H2,1-3H3;(H,26,27,28)/q+1;/p-1. The lowest BCUT2D eigenvalue weighted by Gasteiger charge is -2.42. The molecule has 1 rings (SSSR count). The molecule has 0 N–H and O–H groups in total. The van der Waals surface area contributed by atoms with Crippen LogP contribution in [0, 0.1) is 0 Å². The van der Waals surface area contributed by atoms with Crippen LogP contribution >= 0.6 is 0 Å². The highest BCUT2D eigenvalue weighted by Crippen LogP contribution is 2.64. The molecule has 0 radical (unpaired) electrons. The summed E-state index contributed by atoms with van der Waals surface area (Å²) in [5.74, 6) is -48.7. The number of hydrogen-bond donors (Lipinski definition) is 0. The molecular formula is C20H19F17O4S2. The monoisotopic (exact) mass is 710 g/mol. The highest BCUT2D eigenvalue weighted by Gasteiger charge is 2.95. The van der Waals surface area contributed by atoms with E-state index in [1.165, 1.54) is 16.4 Å². The Morgan fingerprint density at radius 1 is 0.605 bits per heavy atom. The third kappa shape index (κ3) is 7.01. The molecule has 0 bridgehead atoms. The molecule has 1 aromatic carbocycles. The highest BCUT2D eigenvalue weighted by molar-refractivity contribution is 7.96. The molecule has 43 heavy (non-hydrogen) atoms. The van der Waals surface area contributed by atoms with E-state index in [-0.39, 0.29) is 0 Å². The minimum Gasteiger partial charge on any atom is -0.743 e. The number of benzene rings is 1. The average Bonchev–Trinajstić information content (AvgIpc) is 2.84. The molecule has 0 saturated heterocycles. The van der Waals surface area contributed by atoms with E-state index in [4.69, 9.17) is 4.74 Å². The zero-order chi connectivity index (χ0) is 34.9. The van der Waals surface area contributed by atoms with Gasteiger partial charge in [-0.3, -0.25) is 0 Å². The van der Waals surface area contributed by atoms with Gasteiger partial charge in [0.1, 0.15) is 17.3 Å². The van der Waals surface area contributed by atoms with Crippen molar-refractivity contribution in [1.29, 1.82) is 0 Å². The first kappa shape index (κ1) is 41.1. The van der Waals surface area contributed by atoms with E-state index in [0.717, 1.165) is 12.4 Å². The number of halogens is 17. The molecule has 0 aromatic heterocycles. The van der Waals surface area contributed by atoms with Crippen LogP contribution in [-0.2, 0) is 21.0 Å². The molecule has 0 spiro atoms. The molecule has 0 aliphatic heterocycles. The predicted molar refractivity (Wildman–Crippen MR) is 115 cm³/mol. The van der Waals surface area contributed by atoms with Crippen LogP contribution in [0.1, 0.15) is 20.8 Å². The zero-order valence-electron chi connectivity index (χ0n) is 21.3. The Morgan fingerprint density at radius 3 is 1.21 bits per heavy atom. The summed E-state index contributed by atoms with van der Waals surface area (Å²) in [5, 5.41) is -7.95. The Bertz CT molecular complexity index is 1160. The molecule has 0 fully saturated rings. The second kappa shape index (κ2) is 12.8. The van der Waals surface area contributed by atoms with Gasteiger partial charge >= 0.3 is 47.0 Å². The number of rotatable bonds is 12. The summed E-state index contributed by atoms with van der Waals surface area (Å²) in [6.45, 7) is 7.26. The van der Waals surface area contributed by atoms with Crippen LogP contribution in [0.5, 0.6) is 5.75 Å². The molecule has 0 amide bonds. The smallest absolute Gasteiger partial charge is 0.460 e. The highest BCUT2D eigenvalue weighted by atomic mass is 32.2. The molecule has 0 atom stereocenters. The van der Waals surface area contributed by atoms with Crippen LogP contribution in [0.3, 0.4) is 0 Å². The zero-order valence-corrected chi connectivity index (χ0v) is 22.9. The van der Waals surface area contributed by atoms with Crippen molar-refractivity contribution >= 4 is 21.0 Å². The van der Waals surface area contributed by atoms with Gasteiger partial charge in [0.15, 0.2) is 15.0 Å². The van der Waals surface area contributed by atoms with Crippen molar-refractivity contribution in [3.05, 3.63) is 24.3 Å². The lowest BCUT2D eigenvalue weighted by Crippen LogP contribution is -2.75. The van der Waals surface area contributed by atoms with Gasteiger partial charge in [0.25, 0.3) is 0 Å². The Kier molecular flexibility index (Phi) is 12.3. The Labute approximate surface area is 234 Å². The fourth-order valence-corrected chi connectivity index (χ4v) is 4.78. The van der Waals surface area contributed by atoms with E-state index in [0.29, 0.717) is 10.9 Å². The van der Waals surface area contributed by atoms with Crippen molar-refractivity contribution in [2.45, 2.75) is 72.6 Å². The quantitative estimate of drug-likeness (QED) is 0.127. The van der Waals surface area contributed by atoms with Crippen molar-refractivity contribution in [3.63, 3.8) is 0 Å². The van der Waals surface area contributed by atoms with E-state index in [2.05, 4.69) is 38.1 Å². The van der Waals surface area contributed by atoms with Gasteiger partial charge < -0.3 is 9.29 Å². The van der Waals surface area contributed by atoms with Crippen LogP contribution < -0.4 is 4.74 Å². The molecule has 254 valence electrons. The summed E-state index contributed by atoms with van der Waals surface area (Å²) >= 11 is 0. The molecule has 4 nitrogen and oxygen atoms in total. The first-order valence-corrected chi connectivity index (χ1v) is 13.9. The van der Waals surface area contributed by atoms with Crippen molar-refractivity contribution in [2.75, 3.05) is 18.1 Å². The van der Waals surface area contributed by atoms with Crippen LogP contribution in [0.2, 0.25) is 0 Å². The minimum atomic E-state index is -8.92. The third-order valence-electron chi connectivity index (χ3n) is 5.17. The maximum atomic E-state index is 13.0. The number of hydrogen-bond acceptors (Lipinski definition) is 4. The van der Waals surface area contributed by atoms with Crippen molar-refractivity contribution in [1.82, 2.24) is 0 Å². The van der Waals surface area contributed by atoms with Gasteiger partial charge in [-0.15, -0.1) is 0 Å². The largest absolute Gasteiger partial charge is 0.743 e. The summed E-state index contributed by atoms with van der Waals surface area (Å²) in [6.07, 6.45) is -7.89. The van der Waals surface area contributed by atoms with Crippen LogP contribution in [0.15, 0.2) is 29.2 Å². The second-order valence-corrected chi connectivity index (χ2v) is 11.9. The van der Waals surface area contributed by atoms with E-state index >= 15 is 0 Å². The number of ether oxygens (including phenoxy) is 1. The first-order valence-electron chi connectivity index (χ1n) is 10.9. The molecule has 1 aromatic rings. The lowest BCUT2D eigenvalue weighted by molar-refractivity contribution is -0.458. The number of alkyl halides is 17. The molecule has 0 saturated carbocycles. The van der Waals surface area contributed by atoms with E-state index in [1.54, 1.807) is 0 Å². The molecule has 0 heterocycles. The van der Waals surface area contributed by atoms with Crippen LogP contribution in [0.25, 0.3) is 0 Å². The first-order chi connectivity index (χ1) is 18.8. The van der Waals surface area contributed by atoms with E-state index in [9.17, 15) is 87.6 Å². The van der Waals surface area contributed by atoms with Gasteiger partial charge in [0.2, 0.25) is 0 Å². The second-order valence-electron chi connectivity index (χ2n) is 7.89. The van der Waals surface area contributed by atoms with E-state index in [1.807, 2.05) is 6.92 Å². The summed E-state index contributed by atoms with van der Waals surface area (Å²) < 4.78 is 249. The SMILES string of the molecule is CCOc1ccc([S+](CC)CC)cc1.O=S(=O)([O-])C(F)(F)C(F)(F)C(F)(F)C(F)(F)C(F)(F)C(F)(F)C(F)(F)C(F)(F)F. The molecular weight excluding hydrogens is 691 g/mol. The van der Waals surface area contributed by atoms with E-state index < -0.39 is 57.1 Å². The fourth-order valence-electron chi connectivity index (χ4n) is 2.74. The van der Waals surface area contributed by atoms with Crippen LogP contribution in [0.4, 0.5) is 74.6 Å². The van der Waals surface area contributed by atoms with Gasteiger partial charge in [-0.2, -0.15) is 74.6 Å².